The van der Waals surface area contributed by atoms with Gasteiger partial charge in [-0.25, -0.2) is 4.79 Å². The van der Waals surface area contributed by atoms with E-state index in [-0.39, 0.29) is 35.9 Å². The van der Waals surface area contributed by atoms with E-state index in [0.29, 0.717) is 5.57 Å². The standard InChI is InChI=1S/C22H26N2O5/c1-12-15-10-24-7-6-22(17-5-4-13(27-2)8-18(17)23-21(22)26)19(24)9-14(15)16(11-29-12)20(25)28-3/h4-5,8,11-12,14-15,19H,6-7,9-10H2,1-3H3,(H,23,26)/t12-,14-,15+,19+,22-/m1/s1. The Labute approximate surface area is 170 Å². The quantitative estimate of drug-likeness (QED) is 0.769. The highest BCUT2D eigenvalue weighted by Gasteiger charge is 2.61. The van der Waals surface area contributed by atoms with Gasteiger partial charge in [0.1, 0.15) is 5.75 Å². The lowest BCUT2D eigenvalue weighted by Crippen LogP contribution is -2.56. The van der Waals surface area contributed by atoms with Crippen molar-refractivity contribution in [3.63, 3.8) is 0 Å². The smallest absolute Gasteiger partial charge is 0.337 e. The summed E-state index contributed by atoms with van der Waals surface area (Å²) in [6, 6.07) is 5.88. The largest absolute Gasteiger partial charge is 0.497 e. The SMILES string of the molecule is COC(=O)C1=CO[C@H](C)[C@@H]2CN3CC[C@]4(C(=O)Nc5cc(OC)ccc54)[C@@H]3C[C@@H]12. The molecule has 7 heteroatoms. The van der Waals surface area contributed by atoms with Crippen molar-refractivity contribution in [1.29, 1.82) is 0 Å². The second-order valence-electron chi connectivity index (χ2n) is 8.51. The highest BCUT2D eigenvalue weighted by Crippen LogP contribution is 2.54. The van der Waals surface area contributed by atoms with Crippen molar-refractivity contribution in [2.75, 3.05) is 32.6 Å². The minimum Gasteiger partial charge on any atom is -0.497 e. The topological polar surface area (TPSA) is 77.1 Å². The number of fused-ring (bicyclic) bond motifs is 5. The molecule has 5 atom stereocenters. The molecular weight excluding hydrogens is 372 g/mol. The van der Waals surface area contributed by atoms with Gasteiger partial charge in [-0.3, -0.25) is 9.69 Å². The molecule has 0 bridgehead atoms. The molecule has 154 valence electrons. The number of anilines is 1. The Morgan fingerprint density at radius 3 is 2.93 bits per heavy atom. The molecule has 5 rings (SSSR count). The van der Waals surface area contributed by atoms with E-state index >= 15 is 0 Å². The monoisotopic (exact) mass is 398 g/mol. The van der Waals surface area contributed by atoms with Gasteiger partial charge in [-0.05, 0) is 37.9 Å². The van der Waals surface area contributed by atoms with Crippen LogP contribution in [0.25, 0.3) is 0 Å². The summed E-state index contributed by atoms with van der Waals surface area (Å²) in [6.45, 7) is 3.72. The Morgan fingerprint density at radius 2 is 2.17 bits per heavy atom. The van der Waals surface area contributed by atoms with Crippen LogP contribution in [-0.4, -0.2) is 56.2 Å². The van der Waals surface area contributed by atoms with Crippen molar-refractivity contribution in [3.8, 4) is 5.75 Å². The lowest BCUT2D eigenvalue weighted by atomic mass is 9.66. The molecule has 4 heterocycles. The number of carbonyl (C=O) groups is 2. The Hall–Kier alpha value is -2.54. The van der Waals surface area contributed by atoms with Gasteiger partial charge >= 0.3 is 5.97 Å². The Morgan fingerprint density at radius 1 is 1.34 bits per heavy atom. The lowest BCUT2D eigenvalue weighted by Gasteiger charge is -2.48. The van der Waals surface area contributed by atoms with E-state index in [0.717, 1.165) is 42.9 Å². The second-order valence-corrected chi connectivity index (χ2v) is 8.51. The van der Waals surface area contributed by atoms with E-state index in [9.17, 15) is 9.59 Å². The van der Waals surface area contributed by atoms with Crippen molar-refractivity contribution in [1.82, 2.24) is 4.90 Å². The highest BCUT2D eigenvalue weighted by atomic mass is 16.5. The van der Waals surface area contributed by atoms with Gasteiger partial charge in [0.25, 0.3) is 0 Å². The van der Waals surface area contributed by atoms with Crippen LogP contribution < -0.4 is 10.1 Å². The van der Waals surface area contributed by atoms with Crippen LogP contribution in [0.3, 0.4) is 0 Å². The highest BCUT2D eigenvalue weighted by molar-refractivity contribution is 6.07. The minimum absolute atomic E-state index is 0.0255. The fourth-order valence-electron chi connectivity index (χ4n) is 5.93. The number of ether oxygens (including phenoxy) is 3. The van der Waals surface area contributed by atoms with Gasteiger partial charge in [0.15, 0.2) is 0 Å². The van der Waals surface area contributed by atoms with Crippen LogP contribution in [0.4, 0.5) is 5.69 Å². The van der Waals surface area contributed by atoms with Gasteiger partial charge in [0.2, 0.25) is 5.91 Å². The maximum atomic E-state index is 13.3. The molecule has 2 saturated heterocycles. The number of benzene rings is 1. The third-order valence-electron chi connectivity index (χ3n) is 7.44. The maximum absolute atomic E-state index is 13.3. The summed E-state index contributed by atoms with van der Waals surface area (Å²) in [5.74, 6) is 0.676. The number of hydrogen-bond donors (Lipinski definition) is 1. The summed E-state index contributed by atoms with van der Waals surface area (Å²) in [6.07, 6.45) is 3.11. The second kappa shape index (κ2) is 6.49. The van der Waals surface area contributed by atoms with Gasteiger partial charge in [-0.15, -0.1) is 0 Å². The zero-order valence-corrected chi connectivity index (χ0v) is 16.9. The van der Waals surface area contributed by atoms with E-state index in [1.54, 1.807) is 13.4 Å². The summed E-state index contributed by atoms with van der Waals surface area (Å²) < 4.78 is 16.1. The molecule has 1 spiro atoms. The van der Waals surface area contributed by atoms with Crippen LogP contribution in [0.15, 0.2) is 30.0 Å². The Kier molecular flexibility index (Phi) is 4.13. The third kappa shape index (κ3) is 2.46. The summed E-state index contributed by atoms with van der Waals surface area (Å²) in [7, 11) is 3.02. The van der Waals surface area contributed by atoms with Crippen LogP contribution in [0.1, 0.15) is 25.3 Å². The number of esters is 1. The van der Waals surface area contributed by atoms with Gasteiger partial charge in [0, 0.05) is 36.2 Å². The lowest BCUT2D eigenvalue weighted by molar-refractivity contribution is -0.139. The molecular formula is C22H26N2O5. The summed E-state index contributed by atoms with van der Waals surface area (Å²) >= 11 is 0. The van der Waals surface area contributed by atoms with E-state index in [1.165, 1.54) is 7.11 Å². The average Bonchev–Trinajstić information content (AvgIpc) is 3.25. The molecule has 29 heavy (non-hydrogen) atoms. The Balaban J connectivity index is 1.54. The first kappa shape index (κ1) is 18.5. The number of hydrogen-bond acceptors (Lipinski definition) is 6. The number of amides is 1. The maximum Gasteiger partial charge on any atom is 0.337 e. The van der Waals surface area contributed by atoms with E-state index in [4.69, 9.17) is 14.2 Å². The van der Waals surface area contributed by atoms with Crippen molar-refractivity contribution < 1.29 is 23.8 Å². The summed E-state index contributed by atoms with van der Waals surface area (Å²) in [5.41, 5.74) is 1.88. The van der Waals surface area contributed by atoms with Crippen molar-refractivity contribution in [2.45, 2.75) is 37.3 Å². The minimum atomic E-state index is -0.588. The Bertz CT molecular complexity index is 912. The number of nitrogens with one attached hydrogen (secondary N) is 1. The number of carbonyl (C=O) groups excluding carboxylic acids is 2. The van der Waals surface area contributed by atoms with Gasteiger partial charge < -0.3 is 19.5 Å². The number of rotatable bonds is 2. The van der Waals surface area contributed by atoms with Crippen LogP contribution >= 0.6 is 0 Å². The van der Waals surface area contributed by atoms with Crippen LogP contribution in [0.2, 0.25) is 0 Å². The predicted molar refractivity (Wildman–Crippen MR) is 106 cm³/mol. The van der Waals surface area contributed by atoms with Gasteiger partial charge in [0.05, 0.1) is 37.6 Å². The van der Waals surface area contributed by atoms with E-state index < -0.39 is 5.41 Å². The van der Waals surface area contributed by atoms with E-state index in [1.807, 2.05) is 18.2 Å². The molecule has 2 fully saturated rings. The molecule has 0 aromatic heterocycles. The van der Waals surface area contributed by atoms with Crippen LogP contribution in [0.5, 0.6) is 5.75 Å². The molecule has 7 nitrogen and oxygen atoms in total. The first-order chi connectivity index (χ1) is 14.0. The number of nitrogens with zero attached hydrogens (tertiary/aromatic N) is 1. The van der Waals surface area contributed by atoms with Gasteiger partial charge in [-0.2, -0.15) is 0 Å². The molecule has 4 aliphatic rings. The third-order valence-corrected chi connectivity index (χ3v) is 7.44. The van der Waals surface area contributed by atoms with Crippen molar-refractivity contribution in [2.24, 2.45) is 11.8 Å². The van der Waals surface area contributed by atoms with Crippen molar-refractivity contribution >= 4 is 17.6 Å². The summed E-state index contributed by atoms with van der Waals surface area (Å²) in [5, 5.41) is 3.09. The molecule has 1 amide bonds. The zero-order valence-electron chi connectivity index (χ0n) is 16.9. The first-order valence-electron chi connectivity index (χ1n) is 10.2. The molecule has 1 aromatic rings. The normalized spacial score (nSPS) is 35.1. The van der Waals surface area contributed by atoms with Crippen LogP contribution in [-0.2, 0) is 24.5 Å². The molecule has 0 aliphatic carbocycles. The average molecular weight is 398 g/mol. The fourth-order valence-corrected chi connectivity index (χ4v) is 5.93. The fraction of sp³-hybridized carbons (Fsp3) is 0.545. The molecule has 1 aromatic carbocycles. The molecule has 0 radical (unpaired) electrons. The van der Waals surface area contributed by atoms with Crippen LogP contribution in [0, 0.1) is 11.8 Å². The van der Waals surface area contributed by atoms with Gasteiger partial charge in [-0.1, -0.05) is 6.07 Å². The molecule has 4 aliphatic heterocycles. The molecule has 0 saturated carbocycles. The molecule has 0 unspecified atom stereocenters. The van der Waals surface area contributed by atoms with E-state index in [2.05, 4.69) is 17.1 Å². The first-order valence-corrected chi connectivity index (χ1v) is 10.2. The summed E-state index contributed by atoms with van der Waals surface area (Å²) in [4.78, 5) is 28.1. The predicted octanol–water partition coefficient (Wildman–Crippen LogP) is 2.07. The number of methoxy groups -OCH3 is 2. The number of piperidine rings is 1. The zero-order chi connectivity index (χ0) is 20.3. The molecule has 1 N–H and O–H groups in total. The van der Waals surface area contributed by atoms with Crippen molar-refractivity contribution in [3.05, 3.63) is 35.6 Å².